The van der Waals surface area contributed by atoms with Gasteiger partial charge >= 0.3 is 0 Å². The molecule has 150 valence electrons. The van der Waals surface area contributed by atoms with Crippen LogP contribution in [0, 0.1) is 5.82 Å². The van der Waals surface area contributed by atoms with Gasteiger partial charge in [0.25, 0.3) is 5.91 Å². The number of carbonyl (C=O) groups excluding carboxylic acids is 2. The van der Waals surface area contributed by atoms with Gasteiger partial charge in [-0.15, -0.1) is 0 Å². The zero-order chi connectivity index (χ0) is 20.4. The SMILES string of the molecule is COCCCN1C(=O)C(CC(=O)Nc2ccc(F)cc2)n2c1nc1ccccc12. The molecule has 0 saturated carbocycles. The number of hydrogen-bond donors (Lipinski definition) is 1. The van der Waals surface area contributed by atoms with Gasteiger partial charge < -0.3 is 10.1 Å². The first kappa shape index (κ1) is 19.1. The summed E-state index contributed by atoms with van der Waals surface area (Å²) in [7, 11) is 1.61. The lowest BCUT2D eigenvalue weighted by molar-refractivity contribution is -0.124. The molecule has 1 atom stereocenters. The molecular formula is C21H21FN4O3. The number of carbonyl (C=O) groups is 2. The molecule has 8 heteroatoms. The number of nitrogens with zero attached hydrogens (tertiary/aromatic N) is 3. The highest BCUT2D eigenvalue weighted by Gasteiger charge is 2.40. The number of hydrogen-bond acceptors (Lipinski definition) is 4. The minimum Gasteiger partial charge on any atom is -0.385 e. The van der Waals surface area contributed by atoms with Crippen LogP contribution in [0.4, 0.5) is 16.0 Å². The molecule has 2 amide bonds. The number of amides is 2. The Bertz CT molecular complexity index is 1050. The van der Waals surface area contributed by atoms with Gasteiger partial charge in [0.15, 0.2) is 0 Å². The van der Waals surface area contributed by atoms with Crippen molar-refractivity contribution in [3.63, 3.8) is 0 Å². The van der Waals surface area contributed by atoms with E-state index >= 15 is 0 Å². The maximum atomic E-state index is 13.1. The maximum absolute atomic E-state index is 13.1. The van der Waals surface area contributed by atoms with Crippen LogP contribution in [-0.4, -0.2) is 41.6 Å². The van der Waals surface area contributed by atoms with Gasteiger partial charge in [-0.1, -0.05) is 12.1 Å². The molecule has 29 heavy (non-hydrogen) atoms. The molecule has 2 heterocycles. The molecule has 0 bridgehead atoms. The first-order valence-corrected chi connectivity index (χ1v) is 9.41. The number of anilines is 2. The van der Waals surface area contributed by atoms with Crippen molar-refractivity contribution in [3.05, 3.63) is 54.3 Å². The Kier molecular flexibility index (Phi) is 5.26. The third-order valence-corrected chi connectivity index (χ3v) is 4.92. The predicted octanol–water partition coefficient (Wildman–Crippen LogP) is 3.13. The molecule has 1 aliphatic heterocycles. The lowest BCUT2D eigenvalue weighted by Gasteiger charge is -2.15. The van der Waals surface area contributed by atoms with E-state index in [1.165, 1.54) is 24.3 Å². The summed E-state index contributed by atoms with van der Waals surface area (Å²) in [4.78, 5) is 31.9. The first-order chi connectivity index (χ1) is 14.1. The van der Waals surface area contributed by atoms with Crippen LogP contribution in [0.5, 0.6) is 0 Å². The fraction of sp³-hybridized carbons (Fsp3) is 0.286. The fourth-order valence-electron chi connectivity index (χ4n) is 3.59. The lowest BCUT2D eigenvalue weighted by atomic mass is 10.1. The second-order valence-electron chi connectivity index (χ2n) is 6.88. The molecule has 2 aromatic carbocycles. The number of benzene rings is 2. The third kappa shape index (κ3) is 3.71. The van der Waals surface area contributed by atoms with Crippen molar-refractivity contribution in [2.45, 2.75) is 18.9 Å². The zero-order valence-electron chi connectivity index (χ0n) is 16.0. The Morgan fingerprint density at radius 1 is 1.21 bits per heavy atom. The molecular weight excluding hydrogens is 375 g/mol. The third-order valence-electron chi connectivity index (χ3n) is 4.92. The average Bonchev–Trinajstić information content (AvgIpc) is 3.20. The molecule has 7 nitrogen and oxygen atoms in total. The molecule has 1 N–H and O–H groups in total. The van der Waals surface area contributed by atoms with Crippen LogP contribution < -0.4 is 10.2 Å². The Morgan fingerprint density at radius 2 is 1.97 bits per heavy atom. The zero-order valence-corrected chi connectivity index (χ0v) is 16.0. The number of para-hydroxylation sites is 2. The summed E-state index contributed by atoms with van der Waals surface area (Å²) >= 11 is 0. The number of nitrogens with one attached hydrogen (secondary N) is 1. The Balaban J connectivity index is 1.60. The number of rotatable bonds is 7. The molecule has 0 spiro atoms. The van der Waals surface area contributed by atoms with E-state index in [0.29, 0.717) is 31.2 Å². The second kappa shape index (κ2) is 8.00. The van der Waals surface area contributed by atoms with Crippen LogP contribution in [0.3, 0.4) is 0 Å². The van der Waals surface area contributed by atoms with E-state index < -0.39 is 6.04 Å². The molecule has 3 aromatic rings. The second-order valence-corrected chi connectivity index (χ2v) is 6.88. The van der Waals surface area contributed by atoms with Gasteiger partial charge in [0.1, 0.15) is 11.9 Å². The predicted molar refractivity (Wildman–Crippen MR) is 107 cm³/mol. The summed E-state index contributed by atoms with van der Waals surface area (Å²) in [6.07, 6.45) is 0.629. The van der Waals surface area contributed by atoms with Crippen LogP contribution in [0.1, 0.15) is 18.9 Å². The van der Waals surface area contributed by atoms with Crippen molar-refractivity contribution in [1.29, 1.82) is 0 Å². The van der Waals surface area contributed by atoms with Gasteiger partial charge in [-0.2, -0.15) is 0 Å². The largest absolute Gasteiger partial charge is 0.385 e. The number of methoxy groups -OCH3 is 1. The molecule has 0 fully saturated rings. The number of halogens is 1. The Labute approximate surface area is 167 Å². The molecule has 1 aliphatic rings. The quantitative estimate of drug-likeness (QED) is 0.623. The van der Waals surface area contributed by atoms with E-state index in [-0.39, 0.29) is 24.1 Å². The molecule has 0 saturated heterocycles. The van der Waals surface area contributed by atoms with Crippen LogP contribution >= 0.6 is 0 Å². The van der Waals surface area contributed by atoms with Gasteiger partial charge in [0.05, 0.1) is 17.5 Å². The van der Waals surface area contributed by atoms with Crippen LogP contribution in [-0.2, 0) is 14.3 Å². The summed E-state index contributed by atoms with van der Waals surface area (Å²) < 4.78 is 20.0. The van der Waals surface area contributed by atoms with Gasteiger partial charge in [0, 0.05) is 25.9 Å². The molecule has 1 unspecified atom stereocenters. The van der Waals surface area contributed by atoms with Gasteiger partial charge in [0.2, 0.25) is 11.9 Å². The van der Waals surface area contributed by atoms with Crippen molar-refractivity contribution >= 4 is 34.5 Å². The number of fused-ring (bicyclic) bond motifs is 3. The summed E-state index contributed by atoms with van der Waals surface area (Å²) in [6, 6.07) is 12.4. The topological polar surface area (TPSA) is 76.5 Å². The van der Waals surface area contributed by atoms with Crippen molar-refractivity contribution in [1.82, 2.24) is 9.55 Å². The number of imidazole rings is 1. The highest BCUT2D eigenvalue weighted by Crippen LogP contribution is 2.36. The van der Waals surface area contributed by atoms with Crippen LogP contribution in [0.25, 0.3) is 11.0 Å². The van der Waals surface area contributed by atoms with Crippen molar-refractivity contribution in [3.8, 4) is 0 Å². The molecule has 0 radical (unpaired) electrons. The number of ether oxygens (including phenoxy) is 1. The van der Waals surface area contributed by atoms with Crippen molar-refractivity contribution in [2.75, 3.05) is 30.5 Å². The van der Waals surface area contributed by atoms with E-state index in [4.69, 9.17) is 4.74 Å². The van der Waals surface area contributed by atoms with Gasteiger partial charge in [-0.3, -0.25) is 19.1 Å². The summed E-state index contributed by atoms with van der Waals surface area (Å²) in [6.45, 7) is 0.992. The van der Waals surface area contributed by atoms with Gasteiger partial charge in [-0.25, -0.2) is 9.37 Å². The van der Waals surface area contributed by atoms with E-state index in [0.717, 1.165) is 11.0 Å². The van der Waals surface area contributed by atoms with Crippen molar-refractivity contribution < 1.29 is 18.7 Å². The fourth-order valence-corrected chi connectivity index (χ4v) is 3.59. The summed E-state index contributed by atoms with van der Waals surface area (Å²) in [5, 5.41) is 2.72. The summed E-state index contributed by atoms with van der Waals surface area (Å²) in [5.74, 6) is -0.317. The number of aromatic nitrogens is 2. The van der Waals surface area contributed by atoms with E-state index in [1.54, 1.807) is 12.0 Å². The van der Waals surface area contributed by atoms with Crippen molar-refractivity contribution in [2.24, 2.45) is 0 Å². The highest BCUT2D eigenvalue weighted by atomic mass is 19.1. The smallest absolute Gasteiger partial charge is 0.253 e. The Hall–Kier alpha value is -3.26. The average molecular weight is 396 g/mol. The van der Waals surface area contributed by atoms with E-state index in [2.05, 4.69) is 10.3 Å². The molecule has 0 aliphatic carbocycles. The van der Waals surface area contributed by atoms with Gasteiger partial charge in [-0.05, 0) is 42.8 Å². The molecule has 4 rings (SSSR count). The van der Waals surface area contributed by atoms with Crippen LogP contribution in [0.15, 0.2) is 48.5 Å². The minimum atomic E-state index is -0.680. The Morgan fingerprint density at radius 3 is 2.72 bits per heavy atom. The normalized spacial score (nSPS) is 15.7. The van der Waals surface area contributed by atoms with Crippen LogP contribution in [0.2, 0.25) is 0 Å². The standard InChI is InChI=1S/C21H21FN4O3/c1-29-12-4-11-25-20(28)18(13-19(27)23-15-9-7-14(22)8-10-15)26-17-6-3-2-5-16(17)24-21(25)26/h2-3,5-10,18H,4,11-13H2,1H3,(H,23,27). The maximum Gasteiger partial charge on any atom is 0.253 e. The van der Waals surface area contributed by atoms with E-state index in [1.807, 2.05) is 28.8 Å². The summed E-state index contributed by atoms with van der Waals surface area (Å²) in [5.41, 5.74) is 2.06. The molecule has 1 aromatic heterocycles. The monoisotopic (exact) mass is 396 g/mol. The lowest BCUT2D eigenvalue weighted by Crippen LogP contribution is -2.32. The van der Waals surface area contributed by atoms with E-state index in [9.17, 15) is 14.0 Å². The highest BCUT2D eigenvalue weighted by molar-refractivity contribution is 6.05. The minimum absolute atomic E-state index is 0.0374. The first-order valence-electron chi connectivity index (χ1n) is 9.41.